The van der Waals surface area contributed by atoms with Gasteiger partial charge in [-0.15, -0.1) is 0 Å². The maximum atomic E-state index is 10.1. The van der Waals surface area contributed by atoms with E-state index in [1.54, 1.807) is 0 Å². The third-order valence-corrected chi connectivity index (χ3v) is 2.00. The second-order valence-electron chi connectivity index (χ2n) is 3.67. The van der Waals surface area contributed by atoms with Gasteiger partial charge in [-0.25, -0.2) is 0 Å². The van der Waals surface area contributed by atoms with Crippen LogP contribution in [0.3, 0.4) is 0 Å². The van der Waals surface area contributed by atoms with Crippen molar-refractivity contribution in [1.29, 1.82) is 0 Å². The molecule has 1 aliphatic heterocycles. The molecule has 1 radical (unpaired) electrons. The van der Waals surface area contributed by atoms with Gasteiger partial charge in [0.1, 0.15) is 6.29 Å². The highest BCUT2D eigenvalue weighted by atomic mass is 16.1. The molecule has 0 aromatic rings. The Morgan fingerprint density at radius 1 is 1.55 bits per heavy atom. The number of carbonyl (C=O) groups is 1. The summed E-state index contributed by atoms with van der Waals surface area (Å²) in [6, 6.07) is 0. The van der Waals surface area contributed by atoms with Crippen molar-refractivity contribution < 1.29 is 4.79 Å². The molecule has 11 heavy (non-hydrogen) atoms. The van der Waals surface area contributed by atoms with Crippen molar-refractivity contribution in [2.45, 2.75) is 20.3 Å². The Kier molecular flexibility index (Phi) is 3.06. The molecule has 0 aromatic carbocycles. The predicted molar refractivity (Wildman–Crippen MR) is 45.2 cm³/mol. The molecule has 0 spiro atoms. The molecule has 0 aromatic heterocycles. The lowest BCUT2D eigenvalue weighted by Gasteiger charge is -2.39. The summed E-state index contributed by atoms with van der Waals surface area (Å²) in [5.41, 5.74) is 0. The largest absolute Gasteiger partial charge is 0.303 e. The van der Waals surface area contributed by atoms with Gasteiger partial charge in [-0.3, -0.25) is 0 Å². The van der Waals surface area contributed by atoms with Crippen LogP contribution in [0.25, 0.3) is 0 Å². The third-order valence-electron chi connectivity index (χ3n) is 2.00. The minimum Gasteiger partial charge on any atom is -0.303 e. The van der Waals surface area contributed by atoms with Gasteiger partial charge in [-0.1, -0.05) is 13.8 Å². The van der Waals surface area contributed by atoms with Gasteiger partial charge in [0, 0.05) is 26.1 Å². The van der Waals surface area contributed by atoms with E-state index in [0.717, 1.165) is 32.3 Å². The molecule has 0 unspecified atom stereocenters. The van der Waals surface area contributed by atoms with Gasteiger partial charge in [0.25, 0.3) is 0 Å². The van der Waals surface area contributed by atoms with Crippen LogP contribution >= 0.6 is 0 Å². The summed E-state index contributed by atoms with van der Waals surface area (Å²) in [7, 11) is 0. The van der Waals surface area contributed by atoms with Crippen LogP contribution in [0.1, 0.15) is 20.3 Å². The van der Waals surface area contributed by atoms with Gasteiger partial charge < -0.3 is 9.69 Å². The molecule has 0 saturated carbocycles. The standard InChI is InChI=1S/C9H16NO/c1-8(2)5-10-6-9(7-10)3-4-11/h4,9H,3,5-7H2,1-2H3. The molecule has 63 valence electrons. The van der Waals surface area contributed by atoms with E-state index >= 15 is 0 Å². The van der Waals surface area contributed by atoms with E-state index in [1.807, 2.05) is 0 Å². The van der Waals surface area contributed by atoms with E-state index in [9.17, 15) is 4.79 Å². The molecule has 1 fully saturated rings. The first-order chi connectivity index (χ1) is 5.22. The molecule has 2 nitrogen and oxygen atoms in total. The molecular weight excluding hydrogens is 138 g/mol. The summed E-state index contributed by atoms with van der Waals surface area (Å²) in [5.74, 6) is 2.10. The molecule has 0 bridgehead atoms. The fourth-order valence-electron chi connectivity index (χ4n) is 1.54. The van der Waals surface area contributed by atoms with Crippen LogP contribution in [-0.4, -0.2) is 30.8 Å². The van der Waals surface area contributed by atoms with Crippen LogP contribution in [-0.2, 0) is 4.79 Å². The first-order valence-electron chi connectivity index (χ1n) is 4.17. The molecular formula is C9H16NO. The van der Waals surface area contributed by atoms with Crippen LogP contribution in [0.2, 0.25) is 0 Å². The van der Waals surface area contributed by atoms with Crippen molar-refractivity contribution in [3.63, 3.8) is 0 Å². The van der Waals surface area contributed by atoms with Crippen molar-refractivity contribution in [2.75, 3.05) is 19.6 Å². The van der Waals surface area contributed by atoms with Crippen LogP contribution in [0.15, 0.2) is 0 Å². The summed E-state index contributed by atoms with van der Waals surface area (Å²) in [6.45, 7) is 7.63. The van der Waals surface area contributed by atoms with Crippen molar-refractivity contribution in [1.82, 2.24) is 4.90 Å². The Bertz CT molecular complexity index is 128. The Morgan fingerprint density at radius 3 is 2.64 bits per heavy atom. The molecule has 0 aliphatic carbocycles. The Morgan fingerprint density at radius 2 is 2.18 bits per heavy atom. The minimum atomic E-state index is 0.645. The number of rotatable bonds is 4. The number of hydrogen-bond acceptors (Lipinski definition) is 2. The molecule has 1 saturated heterocycles. The van der Waals surface area contributed by atoms with Crippen LogP contribution in [0.4, 0.5) is 0 Å². The highest BCUT2D eigenvalue weighted by Gasteiger charge is 2.25. The molecule has 1 aliphatic rings. The second-order valence-corrected chi connectivity index (χ2v) is 3.67. The average molecular weight is 154 g/mol. The van der Waals surface area contributed by atoms with E-state index in [0.29, 0.717) is 5.92 Å². The fourth-order valence-corrected chi connectivity index (χ4v) is 1.54. The van der Waals surface area contributed by atoms with Gasteiger partial charge in [-0.05, 0) is 11.8 Å². The van der Waals surface area contributed by atoms with E-state index < -0.39 is 0 Å². The van der Waals surface area contributed by atoms with Crippen molar-refractivity contribution >= 4 is 6.29 Å². The normalized spacial score (nSPS) is 20.3. The van der Waals surface area contributed by atoms with Gasteiger partial charge >= 0.3 is 0 Å². The third kappa shape index (κ3) is 2.62. The molecule has 0 N–H and O–H groups in total. The number of nitrogens with zero attached hydrogens (tertiary/aromatic N) is 1. The van der Waals surface area contributed by atoms with Gasteiger partial charge in [0.2, 0.25) is 0 Å². The quantitative estimate of drug-likeness (QED) is 0.566. The highest BCUT2D eigenvalue weighted by molar-refractivity contribution is 5.50. The predicted octanol–water partition coefficient (Wildman–Crippen LogP) is 1.12. The molecule has 1 heterocycles. The van der Waals surface area contributed by atoms with Gasteiger partial charge in [0.05, 0.1) is 0 Å². The first kappa shape index (κ1) is 8.72. The smallest absolute Gasteiger partial charge is 0.120 e. The molecule has 0 atom stereocenters. The maximum Gasteiger partial charge on any atom is 0.120 e. The SMILES string of the molecule is C[C](C)CN1CC(CC=O)C1. The summed E-state index contributed by atoms with van der Waals surface area (Å²) in [4.78, 5) is 12.5. The van der Waals surface area contributed by atoms with E-state index in [4.69, 9.17) is 0 Å². The number of carbonyl (C=O) groups excluding carboxylic acids is 1. The lowest BCUT2D eigenvalue weighted by atomic mass is 9.96. The van der Waals surface area contributed by atoms with E-state index in [2.05, 4.69) is 18.7 Å². The molecule has 1 rings (SSSR count). The highest BCUT2D eigenvalue weighted by Crippen LogP contribution is 2.19. The van der Waals surface area contributed by atoms with Gasteiger partial charge in [0.15, 0.2) is 0 Å². The van der Waals surface area contributed by atoms with Crippen molar-refractivity contribution in [3.8, 4) is 0 Å². The fraction of sp³-hybridized carbons (Fsp3) is 0.778. The lowest BCUT2D eigenvalue weighted by Crippen LogP contribution is -2.47. The summed E-state index contributed by atoms with van der Waals surface area (Å²) in [5, 5.41) is 0. The Balaban J connectivity index is 2.04. The zero-order valence-corrected chi connectivity index (χ0v) is 7.34. The summed E-state index contributed by atoms with van der Waals surface area (Å²) >= 11 is 0. The number of aldehydes is 1. The monoisotopic (exact) mass is 154 g/mol. The van der Waals surface area contributed by atoms with Crippen molar-refractivity contribution in [3.05, 3.63) is 5.92 Å². The zero-order valence-electron chi connectivity index (χ0n) is 7.34. The topological polar surface area (TPSA) is 20.3 Å². The molecule has 2 heteroatoms. The first-order valence-corrected chi connectivity index (χ1v) is 4.17. The van der Waals surface area contributed by atoms with Crippen LogP contribution in [0, 0.1) is 11.8 Å². The average Bonchev–Trinajstić information content (AvgIpc) is 1.82. The van der Waals surface area contributed by atoms with Crippen LogP contribution < -0.4 is 0 Å². The zero-order chi connectivity index (χ0) is 8.27. The van der Waals surface area contributed by atoms with Crippen LogP contribution in [0.5, 0.6) is 0 Å². The summed E-state index contributed by atoms with van der Waals surface area (Å²) in [6.07, 6.45) is 1.78. The van der Waals surface area contributed by atoms with Gasteiger partial charge in [-0.2, -0.15) is 0 Å². The molecule has 0 amide bonds. The summed E-state index contributed by atoms with van der Waals surface area (Å²) < 4.78 is 0. The number of likely N-dealkylation sites (tertiary alicyclic amines) is 1. The van der Waals surface area contributed by atoms with Crippen molar-refractivity contribution in [2.24, 2.45) is 5.92 Å². The lowest BCUT2D eigenvalue weighted by molar-refractivity contribution is -0.109. The number of hydrogen-bond donors (Lipinski definition) is 0. The minimum absolute atomic E-state index is 0.645. The van der Waals surface area contributed by atoms with E-state index in [-0.39, 0.29) is 0 Å². The Labute approximate surface area is 68.6 Å². The second kappa shape index (κ2) is 3.86. The Hall–Kier alpha value is -0.370. The maximum absolute atomic E-state index is 10.1. The van der Waals surface area contributed by atoms with E-state index in [1.165, 1.54) is 5.92 Å².